The summed E-state index contributed by atoms with van der Waals surface area (Å²) in [5.74, 6) is -0.724. The maximum atomic E-state index is 12.5. The fourth-order valence-corrected chi connectivity index (χ4v) is 3.93. The van der Waals surface area contributed by atoms with E-state index in [9.17, 15) is 14.4 Å². The van der Waals surface area contributed by atoms with Gasteiger partial charge in [0.2, 0.25) is 5.56 Å². The molecule has 2 N–H and O–H groups in total. The number of benzene rings is 2. The number of esters is 1. The molecule has 0 saturated carbocycles. The SMILES string of the molecule is CCOC(=O)C(CSc1cc(=O)[nH]c2ccccc12)NC(=O)c1ccc(Cl)cc1. The van der Waals surface area contributed by atoms with Crippen molar-refractivity contribution in [1.82, 2.24) is 10.3 Å². The van der Waals surface area contributed by atoms with Gasteiger partial charge in [-0.15, -0.1) is 11.8 Å². The van der Waals surface area contributed by atoms with Crippen molar-refractivity contribution in [3.05, 3.63) is 75.5 Å². The number of halogens is 1. The van der Waals surface area contributed by atoms with Crippen LogP contribution in [0.1, 0.15) is 17.3 Å². The molecule has 1 heterocycles. The smallest absolute Gasteiger partial charge is 0.329 e. The molecular weight excluding hydrogens is 412 g/mol. The number of thioether (sulfide) groups is 1. The Hall–Kier alpha value is -2.77. The Balaban J connectivity index is 1.79. The summed E-state index contributed by atoms with van der Waals surface area (Å²) in [5.41, 5.74) is 0.861. The van der Waals surface area contributed by atoms with E-state index < -0.39 is 17.9 Å². The number of para-hydroxylation sites is 1. The van der Waals surface area contributed by atoms with Crippen molar-refractivity contribution in [3.63, 3.8) is 0 Å². The molecule has 0 spiro atoms. The van der Waals surface area contributed by atoms with Gasteiger partial charge in [0.1, 0.15) is 6.04 Å². The summed E-state index contributed by atoms with van der Waals surface area (Å²) in [6.45, 7) is 1.90. The first kappa shape index (κ1) is 21.0. The van der Waals surface area contributed by atoms with E-state index in [2.05, 4.69) is 10.3 Å². The topological polar surface area (TPSA) is 88.3 Å². The molecule has 0 bridgehead atoms. The van der Waals surface area contributed by atoms with E-state index in [0.717, 1.165) is 10.3 Å². The molecular formula is C21H19ClN2O4S. The highest BCUT2D eigenvalue weighted by Crippen LogP contribution is 2.26. The minimum absolute atomic E-state index is 0.199. The van der Waals surface area contributed by atoms with Crippen molar-refractivity contribution in [2.24, 2.45) is 0 Å². The second kappa shape index (κ2) is 9.62. The first-order valence-electron chi connectivity index (χ1n) is 8.96. The Kier molecular flexibility index (Phi) is 6.95. The van der Waals surface area contributed by atoms with Crippen molar-refractivity contribution in [3.8, 4) is 0 Å². The molecule has 0 aliphatic heterocycles. The van der Waals surface area contributed by atoms with Crippen LogP contribution in [0.4, 0.5) is 0 Å². The lowest BCUT2D eigenvalue weighted by atomic mass is 10.2. The Morgan fingerprint density at radius 2 is 1.90 bits per heavy atom. The molecule has 8 heteroatoms. The predicted molar refractivity (Wildman–Crippen MR) is 115 cm³/mol. The van der Waals surface area contributed by atoms with Crippen molar-refractivity contribution < 1.29 is 14.3 Å². The highest BCUT2D eigenvalue weighted by atomic mass is 35.5. The number of fused-ring (bicyclic) bond motifs is 1. The van der Waals surface area contributed by atoms with Crippen molar-refractivity contribution >= 4 is 46.1 Å². The molecule has 1 aromatic heterocycles. The third-order valence-electron chi connectivity index (χ3n) is 4.10. The largest absolute Gasteiger partial charge is 0.464 e. The number of nitrogens with one attached hydrogen (secondary N) is 2. The Morgan fingerprint density at radius 1 is 1.17 bits per heavy atom. The standard InChI is InChI=1S/C21H19ClN2O4S/c1-2-28-21(27)17(24-20(26)13-7-9-14(22)10-8-13)12-29-18-11-19(25)23-16-6-4-3-5-15(16)18/h3-11,17H,2,12H2,1H3,(H,23,25)(H,24,26). The number of carbonyl (C=O) groups excluding carboxylic acids is 2. The Morgan fingerprint density at radius 3 is 2.62 bits per heavy atom. The number of rotatable bonds is 7. The van der Waals surface area contributed by atoms with E-state index in [1.807, 2.05) is 24.3 Å². The van der Waals surface area contributed by atoms with Crippen LogP contribution in [0.25, 0.3) is 10.9 Å². The zero-order chi connectivity index (χ0) is 20.8. The van der Waals surface area contributed by atoms with Gasteiger partial charge >= 0.3 is 5.97 Å². The first-order valence-corrected chi connectivity index (χ1v) is 10.3. The number of pyridine rings is 1. The van der Waals surface area contributed by atoms with Crippen LogP contribution in [0.2, 0.25) is 5.02 Å². The number of amides is 1. The van der Waals surface area contributed by atoms with Gasteiger partial charge in [0.15, 0.2) is 0 Å². The molecule has 0 aliphatic rings. The van der Waals surface area contributed by atoms with E-state index in [-0.39, 0.29) is 17.9 Å². The van der Waals surface area contributed by atoms with Gasteiger partial charge in [-0.05, 0) is 37.3 Å². The van der Waals surface area contributed by atoms with Crippen molar-refractivity contribution in [1.29, 1.82) is 0 Å². The fourth-order valence-electron chi connectivity index (χ4n) is 2.72. The molecule has 150 valence electrons. The van der Waals surface area contributed by atoms with Crippen LogP contribution in [-0.4, -0.2) is 35.3 Å². The molecule has 29 heavy (non-hydrogen) atoms. The average Bonchev–Trinajstić information content (AvgIpc) is 2.71. The second-order valence-corrected chi connectivity index (χ2v) is 7.64. The van der Waals surface area contributed by atoms with E-state index in [0.29, 0.717) is 16.1 Å². The minimum Gasteiger partial charge on any atom is -0.464 e. The highest BCUT2D eigenvalue weighted by molar-refractivity contribution is 7.99. The zero-order valence-electron chi connectivity index (χ0n) is 15.6. The van der Waals surface area contributed by atoms with Gasteiger partial charge in [-0.25, -0.2) is 4.79 Å². The highest BCUT2D eigenvalue weighted by Gasteiger charge is 2.23. The van der Waals surface area contributed by atoms with Crippen molar-refractivity contribution in [2.75, 3.05) is 12.4 Å². The summed E-state index contributed by atoms with van der Waals surface area (Å²) in [5, 5.41) is 4.09. The third kappa shape index (κ3) is 5.40. The molecule has 0 fully saturated rings. The van der Waals surface area contributed by atoms with Gasteiger partial charge in [0, 0.05) is 38.2 Å². The van der Waals surface area contributed by atoms with E-state index in [4.69, 9.17) is 16.3 Å². The molecule has 2 aromatic carbocycles. The van der Waals surface area contributed by atoms with Crippen LogP contribution in [0.5, 0.6) is 0 Å². The molecule has 1 unspecified atom stereocenters. The van der Waals surface area contributed by atoms with Crippen LogP contribution in [0.3, 0.4) is 0 Å². The van der Waals surface area contributed by atoms with Crippen LogP contribution < -0.4 is 10.9 Å². The van der Waals surface area contributed by atoms with E-state index in [1.165, 1.54) is 17.8 Å². The normalized spacial score (nSPS) is 11.8. The Labute approximate surface area is 176 Å². The summed E-state index contributed by atoms with van der Waals surface area (Å²) in [6, 6.07) is 14.4. The van der Waals surface area contributed by atoms with Gasteiger partial charge in [-0.2, -0.15) is 0 Å². The first-order chi connectivity index (χ1) is 14.0. The Bertz CT molecular complexity index is 1080. The summed E-state index contributed by atoms with van der Waals surface area (Å²) in [6.07, 6.45) is 0. The zero-order valence-corrected chi connectivity index (χ0v) is 17.2. The summed E-state index contributed by atoms with van der Waals surface area (Å²) in [7, 11) is 0. The van der Waals surface area contributed by atoms with Gasteiger partial charge in [-0.1, -0.05) is 29.8 Å². The molecule has 3 aromatic rings. The summed E-state index contributed by atoms with van der Waals surface area (Å²) < 4.78 is 5.10. The number of carbonyl (C=O) groups is 2. The second-order valence-electron chi connectivity index (χ2n) is 6.14. The lowest BCUT2D eigenvalue weighted by molar-refractivity contribution is -0.144. The lowest BCUT2D eigenvalue weighted by Crippen LogP contribution is -2.43. The van der Waals surface area contributed by atoms with Crippen LogP contribution in [-0.2, 0) is 9.53 Å². The predicted octanol–water partition coefficient (Wildman–Crippen LogP) is 3.64. The summed E-state index contributed by atoms with van der Waals surface area (Å²) >= 11 is 7.16. The van der Waals surface area contributed by atoms with E-state index in [1.54, 1.807) is 31.2 Å². The van der Waals surface area contributed by atoms with Crippen LogP contribution in [0.15, 0.2) is 64.3 Å². The number of H-pyrrole nitrogens is 1. The molecule has 0 saturated heterocycles. The van der Waals surface area contributed by atoms with Gasteiger partial charge in [0.25, 0.3) is 5.91 Å². The average molecular weight is 431 g/mol. The number of aromatic nitrogens is 1. The molecule has 1 atom stereocenters. The number of hydrogen-bond donors (Lipinski definition) is 2. The van der Waals surface area contributed by atoms with Gasteiger partial charge in [-0.3, -0.25) is 9.59 Å². The number of ether oxygens (including phenoxy) is 1. The quantitative estimate of drug-likeness (QED) is 0.441. The maximum Gasteiger partial charge on any atom is 0.329 e. The maximum absolute atomic E-state index is 12.5. The molecule has 0 radical (unpaired) electrons. The fraction of sp³-hybridized carbons (Fsp3) is 0.190. The molecule has 3 rings (SSSR count). The molecule has 1 amide bonds. The summed E-state index contributed by atoms with van der Waals surface area (Å²) in [4.78, 5) is 40.3. The molecule has 6 nitrogen and oxygen atoms in total. The number of aromatic amines is 1. The minimum atomic E-state index is -0.874. The van der Waals surface area contributed by atoms with Crippen molar-refractivity contribution in [2.45, 2.75) is 17.9 Å². The van der Waals surface area contributed by atoms with Gasteiger partial charge in [0.05, 0.1) is 6.61 Å². The van der Waals surface area contributed by atoms with Crippen LogP contribution in [0, 0.1) is 0 Å². The molecule has 0 aliphatic carbocycles. The number of hydrogen-bond acceptors (Lipinski definition) is 5. The van der Waals surface area contributed by atoms with Gasteiger partial charge < -0.3 is 15.0 Å². The van der Waals surface area contributed by atoms with E-state index >= 15 is 0 Å². The monoisotopic (exact) mass is 430 g/mol. The third-order valence-corrected chi connectivity index (χ3v) is 5.50. The lowest BCUT2D eigenvalue weighted by Gasteiger charge is -2.17. The van der Waals surface area contributed by atoms with Crippen LogP contribution >= 0.6 is 23.4 Å².